The Labute approximate surface area is 117 Å². The van der Waals surface area contributed by atoms with Crippen LogP contribution in [0.15, 0.2) is 33.9 Å². The van der Waals surface area contributed by atoms with E-state index in [1.165, 1.54) is 11.3 Å². The molecule has 0 saturated carbocycles. The van der Waals surface area contributed by atoms with Crippen molar-refractivity contribution in [3.8, 4) is 0 Å². The lowest BCUT2D eigenvalue weighted by atomic mass is 10.1. The van der Waals surface area contributed by atoms with Crippen LogP contribution in [0.3, 0.4) is 0 Å². The van der Waals surface area contributed by atoms with Crippen LogP contribution in [-0.4, -0.2) is 8.42 Å². The summed E-state index contributed by atoms with van der Waals surface area (Å²) >= 11 is 1.18. The average molecular weight is 296 g/mol. The molecule has 0 aliphatic heterocycles. The van der Waals surface area contributed by atoms with Crippen LogP contribution in [0.25, 0.3) is 0 Å². The van der Waals surface area contributed by atoms with Crippen LogP contribution in [0.5, 0.6) is 0 Å². The Morgan fingerprint density at radius 2 is 1.95 bits per heavy atom. The summed E-state index contributed by atoms with van der Waals surface area (Å²) in [6.07, 6.45) is 0. The summed E-state index contributed by atoms with van der Waals surface area (Å²) in [5.74, 6) is 0. The summed E-state index contributed by atoms with van der Waals surface area (Å²) in [7, 11) is -3.52. The first-order valence-electron chi connectivity index (χ1n) is 5.80. The molecule has 3 N–H and O–H groups in total. The molecule has 0 bridgehead atoms. The second-order valence-electron chi connectivity index (χ2n) is 4.38. The molecule has 0 atom stereocenters. The molecule has 2 aromatic rings. The van der Waals surface area contributed by atoms with E-state index in [1.54, 1.807) is 17.5 Å². The standard InChI is InChI=1S/C13H16N2O2S2/c1-9-3-4-12(5-10(9)2)15-19(16,17)13-6-11(7-14)8-18-13/h3-6,8,15H,7,14H2,1-2H3. The predicted octanol–water partition coefficient (Wildman–Crippen LogP) is 2.62. The van der Waals surface area contributed by atoms with Crippen LogP contribution in [0, 0.1) is 13.8 Å². The Hall–Kier alpha value is -1.37. The average Bonchev–Trinajstić information content (AvgIpc) is 2.83. The molecule has 1 aromatic heterocycles. The third kappa shape index (κ3) is 3.15. The Morgan fingerprint density at radius 3 is 2.53 bits per heavy atom. The van der Waals surface area contributed by atoms with Gasteiger partial charge in [0.2, 0.25) is 0 Å². The van der Waals surface area contributed by atoms with Crippen molar-refractivity contribution in [2.24, 2.45) is 5.73 Å². The van der Waals surface area contributed by atoms with Gasteiger partial charge in [-0.05, 0) is 54.1 Å². The zero-order valence-corrected chi connectivity index (χ0v) is 12.4. The number of benzene rings is 1. The molecule has 0 aliphatic rings. The van der Waals surface area contributed by atoms with Crippen molar-refractivity contribution < 1.29 is 8.42 Å². The number of nitrogens with one attached hydrogen (secondary N) is 1. The molecule has 4 nitrogen and oxygen atoms in total. The summed E-state index contributed by atoms with van der Waals surface area (Å²) in [5.41, 5.74) is 9.07. The highest BCUT2D eigenvalue weighted by atomic mass is 32.2. The highest BCUT2D eigenvalue weighted by Gasteiger charge is 2.16. The molecule has 0 unspecified atom stereocenters. The Kier molecular flexibility index (Phi) is 3.93. The van der Waals surface area contributed by atoms with E-state index in [2.05, 4.69) is 4.72 Å². The minimum atomic E-state index is -3.52. The Balaban J connectivity index is 2.28. The molecular formula is C13H16N2O2S2. The van der Waals surface area contributed by atoms with E-state index < -0.39 is 10.0 Å². The lowest BCUT2D eigenvalue weighted by Crippen LogP contribution is -2.11. The first-order valence-corrected chi connectivity index (χ1v) is 8.16. The molecule has 0 fully saturated rings. The van der Waals surface area contributed by atoms with Crippen molar-refractivity contribution in [1.82, 2.24) is 0 Å². The topological polar surface area (TPSA) is 72.2 Å². The minimum absolute atomic E-state index is 0.283. The van der Waals surface area contributed by atoms with Crippen molar-refractivity contribution in [2.45, 2.75) is 24.6 Å². The maximum Gasteiger partial charge on any atom is 0.271 e. The zero-order valence-electron chi connectivity index (χ0n) is 10.8. The number of rotatable bonds is 4. The molecule has 0 spiro atoms. The largest absolute Gasteiger partial charge is 0.326 e. The third-order valence-corrected chi connectivity index (χ3v) is 5.76. The van der Waals surface area contributed by atoms with Gasteiger partial charge in [-0.3, -0.25) is 4.72 Å². The molecule has 6 heteroatoms. The fourth-order valence-corrected chi connectivity index (χ4v) is 3.88. The SMILES string of the molecule is Cc1ccc(NS(=O)(=O)c2cc(CN)cs2)cc1C. The van der Waals surface area contributed by atoms with Gasteiger partial charge in [-0.2, -0.15) is 0 Å². The normalized spacial score (nSPS) is 11.5. The van der Waals surface area contributed by atoms with Crippen LogP contribution >= 0.6 is 11.3 Å². The summed E-state index contributed by atoms with van der Waals surface area (Å²) < 4.78 is 27.2. The van der Waals surface area contributed by atoms with E-state index in [-0.39, 0.29) is 4.21 Å². The molecule has 0 amide bonds. The molecule has 1 aromatic carbocycles. The van der Waals surface area contributed by atoms with Gasteiger partial charge in [0.25, 0.3) is 10.0 Å². The Morgan fingerprint density at radius 1 is 1.21 bits per heavy atom. The van der Waals surface area contributed by atoms with Crippen molar-refractivity contribution in [2.75, 3.05) is 4.72 Å². The van der Waals surface area contributed by atoms with E-state index >= 15 is 0 Å². The first-order chi connectivity index (χ1) is 8.92. The van der Waals surface area contributed by atoms with Crippen molar-refractivity contribution in [3.63, 3.8) is 0 Å². The predicted molar refractivity (Wildman–Crippen MR) is 78.9 cm³/mol. The van der Waals surface area contributed by atoms with E-state index in [1.807, 2.05) is 26.0 Å². The highest BCUT2D eigenvalue weighted by molar-refractivity contribution is 7.94. The van der Waals surface area contributed by atoms with Gasteiger partial charge in [0.15, 0.2) is 0 Å². The summed E-state index contributed by atoms with van der Waals surface area (Å²) in [6.45, 7) is 4.28. The fourth-order valence-electron chi connectivity index (χ4n) is 1.61. The molecule has 0 radical (unpaired) electrons. The molecule has 1 heterocycles. The summed E-state index contributed by atoms with van der Waals surface area (Å²) in [5, 5.41) is 1.76. The van der Waals surface area contributed by atoms with E-state index in [9.17, 15) is 8.42 Å². The first kappa shape index (κ1) is 14.0. The second-order valence-corrected chi connectivity index (χ2v) is 7.20. The zero-order chi connectivity index (χ0) is 14.0. The van der Waals surface area contributed by atoms with Gasteiger partial charge in [-0.25, -0.2) is 8.42 Å². The van der Waals surface area contributed by atoms with Crippen LogP contribution in [0.1, 0.15) is 16.7 Å². The Bertz CT molecular complexity index is 690. The van der Waals surface area contributed by atoms with Crippen molar-refractivity contribution >= 4 is 27.0 Å². The van der Waals surface area contributed by atoms with E-state index in [4.69, 9.17) is 5.73 Å². The van der Waals surface area contributed by atoms with Gasteiger partial charge in [-0.15, -0.1) is 11.3 Å². The quantitative estimate of drug-likeness (QED) is 0.911. The molecule has 0 aliphatic carbocycles. The number of sulfonamides is 1. The van der Waals surface area contributed by atoms with Crippen LogP contribution in [0.4, 0.5) is 5.69 Å². The van der Waals surface area contributed by atoms with Crippen molar-refractivity contribution in [1.29, 1.82) is 0 Å². The number of hydrogen-bond donors (Lipinski definition) is 2. The molecular weight excluding hydrogens is 280 g/mol. The smallest absolute Gasteiger partial charge is 0.271 e. The van der Waals surface area contributed by atoms with E-state index in [0.29, 0.717) is 12.2 Å². The number of aryl methyl sites for hydroxylation is 2. The van der Waals surface area contributed by atoms with Crippen molar-refractivity contribution in [3.05, 3.63) is 46.3 Å². The number of nitrogens with two attached hydrogens (primary N) is 1. The van der Waals surface area contributed by atoms with Gasteiger partial charge in [0.05, 0.1) is 0 Å². The monoisotopic (exact) mass is 296 g/mol. The summed E-state index contributed by atoms with van der Waals surface area (Å²) in [6, 6.07) is 7.09. The number of thiophene rings is 1. The molecule has 0 saturated heterocycles. The lowest BCUT2D eigenvalue weighted by molar-refractivity contribution is 0.603. The highest BCUT2D eigenvalue weighted by Crippen LogP contribution is 2.23. The molecule has 19 heavy (non-hydrogen) atoms. The van der Waals surface area contributed by atoms with Gasteiger partial charge in [0.1, 0.15) is 4.21 Å². The summed E-state index contributed by atoms with van der Waals surface area (Å²) in [4.78, 5) is 0. The molecule has 102 valence electrons. The lowest BCUT2D eigenvalue weighted by Gasteiger charge is -2.08. The fraction of sp³-hybridized carbons (Fsp3) is 0.231. The third-order valence-electron chi connectivity index (χ3n) is 2.89. The number of hydrogen-bond acceptors (Lipinski definition) is 4. The van der Waals surface area contributed by atoms with Gasteiger partial charge < -0.3 is 5.73 Å². The number of anilines is 1. The maximum atomic E-state index is 12.2. The minimum Gasteiger partial charge on any atom is -0.326 e. The van der Waals surface area contributed by atoms with Crippen LogP contribution < -0.4 is 10.5 Å². The van der Waals surface area contributed by atoms with Gasteiger partial charge in [0, 0.05) is 12.2 Å². The van der Waals surface area contributed by atoms with Gasteiger partial charge in [-0.1, -0.05) is 6.07 Å². The van der Waals surface area contributed by atoms with Crippen LogP contribution in [-0.2, 0) is 16.6 Å². The second kappa shape index (κ2) is 5.32. The maximum absolute atomic E-state index is 12.2. The van der Waals surface area contributed by atoms with Crippen LogP contribution in [0.2, 0.25) is 0 Å². The molecule has 2 rings (SSSR count). The van der Waals surface area contributed by atoms with E-state index in [0.717, 1.165) is 16.7 Å². The van der Waals surface area contributed by atoms with Gasteiger partial charge >= 0.3 is 0 Å².